The zero-order valence-corrected chi connectivity index (χ0v) is 8.42. The topological polar surface area (TPSA) is 60.2 Å². The van der Waals surface area contributed by atoms with Crippen LogP contribution in [0.15, 0.2) is 12.3 Å². The summed E-state index contributed by atoms with van der Waals surface area (Å²) >= 11 is 5.71. The summed E-state index contributed by atoms with van der Waals surface area (Å²) < 4.78 is 5.34. The molecule has 1 aliphatic heterocycles. The fourth-order valence-electron chi connectivity index (χ4n) is 1.51. The number of rotatable bonds is 1. The third-order valence-electron chi connectivity index (χ3n) is 2.23. The minimum absolute atomic E-state index is 0.133. The van der Waals surface area contributed by atoms with Crippen molar-refractivity contribution in [1.29, 1.82) is 0 Å². The van der Waals surface area contributed by atoms with Crippen LogP contribution in [0, 0.1) is 0 Å². The van der Waals surface area contributed by atoms with E-state index < -0.39 is 0 Å². The number of halogens is 1. The monoisotopic (exact) mass is 213 g/mol. The van der Waals surface area contributed by atoms with Gasteiger partial charge in [-0.05, 0) is 6.07 Å². The van der Waals surface area contributed by atoms with Gasteiger partial charge in [-0.25, -0.2) is 4.98 Å². The number of hydrogen-bond acceptors (Lipinski definition) is 4. The molecule has 1 fully saturated rings. The van der Waals surface area contributed by atoms with Crippen molar-refractivity contribution in [3.05, 3.63) is 23.0 Å². The lowest BCUT2D eigenvalue weighted by molar-refractivity contribution is 0.0770. The Hall–Kier alpha value is -0.840. The highest BCUT2D eigenvalue weighted by molar-refractivity contribution is 6.29. The lowest BCUT2D eigenvalue weighted by atomic mass is 10.1. The smallest absolute Gasteiger partial charge is 0.131 e. The third-order valence-corrected chi connectivity index (χ3v) is 2.44. The van der Waals surface area contributed by atoms with Crippen molar-refractivity contribution in [2.45, 2.75) is 6.04 Å². The van der Waals surface area contributed by atoms with Gasteiger partial charge in [-0.1, -0.05) is 11.6 Å². The second-order valence-electron chi connectivity index (χ2n) is 3.22. The molecule has 0 saturated carbocycles. The average molecular weight is 214 g/mol. The van der Waals surface area contributed by atoms with E-state index in [-0.39, 0.29) is 6.04 Å². The molecule has 0 unspecified atom stereocenters. The van der Waals surface area contributed by atoms with Crippen molar-refractivity contribution in [1.82, 2.24) is 10.3 Å². The first-order valence-corrected chi connectivity index (χ1v) is 4.87. The summed E-state index contributed by atoms with van der Waals surface area (Å²) in [6.07, 6.45) is 1.70. The van der Waals surface area contributed by atoms with Crippen LogP contribution in [-0.2, 0) is 4.74 Å². The Balaban J connectivity index is 2.22. The van der Waals surface area contributed by atoms with Crippen LogP contribution in [0.5, 0.6) is 0 Å². The number of nitrogens with zero attached hydrogens (tertiary/aromatic N) is 1. The Kier molecular flexibility index (Phi) is 2.86. The molecular formula is C9H12ClN3O. The Morgan fingerprint density at radius 1 is 1.64 bits per heavy atom. The van der Waals surface area contributed by atoms with Gasteiger partial charge in [0.2, 0.25) is 0 Å². The summed E-state index contributed by atoms with van der Waals surface area (Å²) in [5.74, 6) is 0. The van der Waals surface area contributed by atoms with Gasteiger partial charge in [-0.3, -0.25) is 0 Å². The first-order chi connectivity index (χ1) is 6.77. The van der Waals surface area contributed by atoms with Crippen LogP contribution in [0.2, 0.25) is 5.15 Å². The summed E-state index contributed by atoms with van der Waals surface area (Å²) in [6, 6.07) is 1.79. The quantitative estimate of drug-likeness (QED) is 0.683. The maximum atomic E-state index is 5.83. The number of anilines is 1. The second-order valence-corrected chi connectivity index (χ2v) is 3.60. The van der Waals surface area contributed by atoms with Crippen LogP contribution >= 0.6 is 11.6 Å². The van der Waals surface area contributed by atoms with E-state index in [1.54, 1.807) is 12.3 Å². The summed E-state index contributed by atoms with van der Waals surface area (Å²) in [7, 11) is 0. The molecule has 0 radical (unpaired) electrons. The summed E-state index contributed by atoms with van der Waals surface area (Å²) in [4.78, 5) is 4.01. The van der Waals surface area contributed by atoms with E-state index in [0.717, 1.165) is 18.7 Å². The van der Waals surface area contributed by atoms with Gasteiger partial charge in [-0.15, -0.1) is 0 Å². The molecule has 2 rings (SSSR count). The molecule has 0 spiro atoms. The molecule has 5 heteroatoms. The van der Waals surface area contributed by atoms with Crippen LogP contribution in [0.25, 0.3) is 0 Å². The average Bonchev–Trinajstić information content (AvgIpc) is 2.19. The van der Waals surface area contributed by atoms with Crippen molar-refractivity contribution in [2.24, 2.45) is 0 Å². The van der Waals surface area contributed by atoms with Gasteiger partial charge < -0.3 is 15.8 Å². The third kappa shape index (κ3) is 1.97. The summed E-state index contributed by atoms with van der Waals surface area (Å²) in [5.41, 5.74) is 7.45. The van der Waals surface area contributed by atoms with Gasteiger partial charge in [0.05, 0.1) is 19.3 Å². The molecule has 0 amide bonds. The molecule has 0 aliphatic carbocycles. The SMILES string of the molecule is Nc1cc(Cl)ncc1[C@H]1COCCN1. The number of hydrogen-bond donors (Lipinski definition) is 2. The number of aromatic nitrogens is 1. The number of ether oxygens (including phenoxy) is 1. The Morgan fingerprint density at radius 3 is 3.14 bits per heavy atom. The number of pyridine rings is 1. The molecule has 0 bridgehead atoms. The lowest BCUT2D eigenvalue weighted by Gasteiger charge is -2.24. The summed E-state index contributed by atoms with van der Waals surface area (Å²) in [5, 5.41) is 3.73. The van der Waals surface area contributed by atoms with Gasteiger partial charge in [0.25, 0.3) is 0 Å². The second kappa shape index (κ2) is 4.13. The van der Waals surface area contributed by atoms with E-state index in [4.69, 9.17) is 22.1 Å². The van der Waals surface area contributed by atoms with Crippen LogP contribution in [0.1, 0.15) is 11.6 Å². The molecular weight excluding hydrogens is 202 g/mol. The predicted molar refractivity (Wildman–Crippen MR) is 55.2 cm³/mol. The molecule has 0 aromatic carbocycles. The minimum Gasteiger partial charge on any atom is -0.398 e. The van der Waals surface area contributed by atoms with Gasteiger partial charge in [0.1, 0.15) is 5.15 Å². The van der Waals surface area contributed by atoms with Crippen molar-refractivity contribution < 1.29 is 4.74 Å². The van der Waals surface area contributed by atoms with Crippen LogP contribution in [-0.4, -0.2) is 24.7 Å². The van der Waals surface area contributed by atoms with Crippen molar-refractivity contribution in [3.8, 4) is 0 Å². The number of nitrogens with one attached hydrogen (secondary N) is 1. The van der Waals surface area contributed by atoms with Crippen LogP contribution in [0.4, 0.5) is 5.69 Å². The minimum atomic E-state index is 0.133. The van der Waals surface area contributed by atoms with Gasteiger partial charge in [-0.2, -0.15) is 0 Å². The van der Waals surface area contributed by atoms with Crippen LogP contribution < -0.4 is 11.1 Å². The lowest BCUT2D eigenvalue weighted by Crippen LogP contribution is -2.35. The molecule has 1 saturated heterocycles. The molecule has 3 N–H and O–H groups in total. The van der Waals surface area contributed by atoms with E-state index in [2.05, 4.69) is 10.3 Å². The zero-order valence-electron chi connectivity index (χ0n) is 7.66. The Bertz CT molecular complexity index is 326. The molecule has 1 aromatic heterocycles. The van der Waals surface area contributed by atoms with Crippen molar-refractivity contribution >= 4 is 17.3 Å². The number of nitrogen functional groups attached to an aromatic ring is 1. The highest BCUT2D eigenvalue weighted by atomic mass is 35.5. The molecule has 14 heavy (non-hydrogen) atoms. The highest BCUT2D eigenvalue weighted by Crippen LogP contribution is 2.23. The largest absolute Gasteiger partial charge is 0.398 e. The van der Waals surface area contributed by atoms with E-state index in [1.807, 2.05) is 0 Å². The maximum absolute atomic E-state index is 5.83. The summed E-state index contributed by atoms with van der Waals surface area (Å²) in [6.45, 7) is 2.22. The van der Waals surface area contributed by atoms with Crippen LogP contribution in [0.3, 0.4) is 0 Å². The molecule has 2 heterocycles. The van der Waals surface area contributed by atoms with Crippen molar-refractivity contribution in [3.63, 3.8) is 0 Å². The molecule has 76 valence electrons. The van der Waals surface area contributed by atoms with Crippen molar-refractivity contribution in [2.75, 3.05) is 25.5 Å². The first kappa shape index (κ1) is 9.71. The number of nitrogens with two attached hydrogens (primary N) is 1. The normalized spacial score (nSPS) is 22.2. The fourth-order valence-corrected chi connectivity index (χ4v) is 1.68. The zero-order chi connectivity index (χ0) is 9.97. The molecule has 1 atom stereocenters. The number of morpholine rings is 1. The maximum Gasteiger partial charge on any atom is 0.131 e. The van der Waals surface area contributed by atoms with E-state index >= 15 is 0 Å². The molecule has 4 nitrogen and oxygen atoms in total. The van der Waals surface area contributed by atoms with Gasteiger partial charge >= 0.3 is 0 Å². The van der Waals surface area contributed by atoms with E-state index in [1.165, 1.54) is 0 Å². The van der Waals surface area contributed by atoms with E-state index in [0.29, 0.717) is 17.4 Å². The molecule has 1 aromatic rings. The standard InChI is InChI=1S/C9H12ClN3O/c10-9-3-7(11)6(4-13-9)8-5-14-2-1-12-8/h3-4,8,12H,1-2,5H2,(H2,11,13)/t8-/m1/s1. The fraction of sp³-hybridized carbons (Fsp3) is 0.444. The molecule has 1 aliphatic rings. The van der Waals surface area contributed by atoms with Gasteiger partial charge in [0, 0.05) is 24.0 Å². The van der Waals surface area contributed by atoms with Gasteiger partial charge in [0.15, 0.2) is 0 Å². The first-order valence-electron chi connectivity index (χ1n) is 4.49. The Morgan fingerprint density at radius 2 is 2.50 bits per heavy atom. The highest BCUT2D eigenvalue weighted by Gasteiger charge is 2.17. The van der Waals surface area contributed by atoms with E-state index in [9.17, 15) is 0 Å². The Labute approximate surface area is 87.4 Å². The predicted octanol–water partition coefficient (Wildman–Crippen LogP) is 0.978.